The molecule has 1 spiro atoms. The largest absolute Gasteiger partial charge is 0.324 e. The van der Waals surface area contributed by atoms with Gasteiger partial charge in [0, 0.05) is 22.8 Å². The summed E-state index contributed by atoms with van der Waals surface area (Å²) in [4.78, 5) is 41.6. The number of nitrogens with zero attached hydrogens (tertiary/aromatic N) is 1. The lowest BCUT2D eigenvalue weighted by molar-refractivity contribution is -0.148. The van der Waals surface area contributed by atoms with Crippen LogP contribution < -0.4 is 10.6 Å². The van der Waals surface area contributed by atoms with Crippen LogP contribution in [0.3, 0.4) is 0 Å². The van der Waals surface area contributed by atoms with E-state index in [-0.39, 0.29) is 29.7 Å². The van der Waals surface area contributed by atoms with Crippen LogP contribution in [0.1, 0.15) is 52.7 Å². The van der Waals surface area contributed by atoms with Gasteiger partial charge in [0.2, 0.25) is 17.7 Å². The first-order valence-corrected chi connectivity index (χ1v) is 10.1. The van der Waals surface area contributed by atoms with Gasteiger partial charge in [0.15, 0.2) is 0 Å². The van der Waals surface area contributed by atoms with Gasteiger partial charge in [-0.05, 0) is 44.7 Å². The molecule has 6 nitrogen and oxygen atoms in total. The number of fused-ring (bicyclic) bond motifs is 4. The topological polar surface area (TPSA) is 78.5 Å². The third-order valence-electron chi connectivity index (χ3n) is 6.51. The van der Waals surface area contributed by atoms with Crippen molar-refractivity contribution < 1.29 is 14.4 Å². The highest BCUT2D eigenvalue weighted by atomic mass is 16.2. The number of anilines is 1. The number of hydrogen-bond donors (Lipinski definition) is 2. The summed E-state index contributed by atoms with van der Waals surface area (Å²) in [5.74, 6) is -1.80. The second kappa shape index (κ2) is 5.89. The van der Waals surface area contributed by atoms with Gasteiger partial charge in [0.05, 0.1) is 11.8 Å². The monoisotopic (exact) mass is 383 g/mol. The number of imide groups is 1. The smallest absolute Gasteiger partial charge is 0.250 e. The molecule has 1 aromatic rings. The third-order valence-corrected chi connectivity index (χ3v) is 6.51. The van der Waals surface area contributed by atoms with Gasteiger partial charge in [0.25, 0.3) is 0 Å². The minimum Gasteiger partial charge on any atom is -0.324 e. The summed E-state index contributed by atoms with van der Waals surface area (Å²) in [5, 5.41) is 6.44. The Morgan fingerprint density at radius 3 is 2.39 bits per heavy atom. The molecule has 2 fully saturated rings. The molecule has 4 rings (SSSR count). The number of likely N-dealkylation sites (tertiary alicyclic amines) is 1. The zero-order chi connectivity index (χ0) is 20.6. The fraction of sp³-hybridized carbons (Fsp3) is 0.591. The van der Waals surface area contributed by atoms with Crippen LogP contribution in [0.15, 0.2) is 18.2 Å². The Kier molecular flexibility index (Phi) is 4.03. The summed E-state index contributed by atoms with van der Waals surface area (Å²) in [6.07, 6.45) is 0.834. The summed E-state index contributed by atoms with van der Waals surface area (Å²) in [7, 11) is 0. The van der Waals surface area contributed by atoms with Crippen LogP contribution in [0.5, 0.6) is 0 Å². The second-order valence-electron chi connectivity index (χ2n) is 9.60. The standard InChI is InChI=1S/C22H29N3O3/c1-7-12-8-9-14-13(10-12)22(20(28)23-14)16-15(17(24-22)11(2)3)18(26)25(19(16)27)21(4,5)6/h8-11,15-17,24H,7H2,1-6H3,(H,23,28). The Balaban J connectivity index is 1.94. The molecule has 4 unspecified atom stereocenters. The fourth-order valence-corrected chi connectivity index (χ4v) is 5.24. The van der Waals surface area contributed by atoms with Crippen molar-refractivity contribution in [1.82, 2.24) is 10.2 Å². The van der Waals surface area contributed by atoms with Gasteiger partial charge in [-0.2, -0.15) is 0 Å². The van der Waals surface area contributed by atoms with Crippen molar-refractivity contribution in [3.63, 3.8) is 0 Å². The second-order valence-corrected chi connectivity index (χ2v) is 9.60. The molecule has 150 valence electrons. The van der Waals surface area contributed by atoms with Crippen molar-refractivity contribution >= 4 is 23.4 Å². The van der Waals surface area contributed by atoms with Crippen LogP contribution in [0, 0.1) is 17.8 Å². The van der Waals surface area contributed by atoms with Gasteiger partial charge in [-0.3, -0.25) is 24.6 Å². The van der Waals surface area contributed by atoms with E-state index < -0.39 is 22.9 Å². The lowest BCUT2D eigenvalue weighted by Crippen LogP contribution is -2.56. The van der Waals surface area contributed by atoms with Crippen molar-refractivity contribution in [2.45, 2.75) is 65.1 Å². The normalized spacial score (nSPS) is 31.8. The van der Waals surface area contributed by atoms with Crippen molar-refractivity contribution in [2.75, 3.05) is 5.32 Å². The lowest BCUT2D eigenvalue weighted by Gasteiger charge is -2.35. The van der Waals surface area contributed by atoms with E-state index in [2.05, 4.69) is 17.6 Å². The molecule has 6 heteroatoms. The average Bonchev–Trinajstić information content (AvgIpc) is 3.19. The highest BCUT2D eigenvalue weighted by Crippen LogP contribution is 2.54. The van der Waals surface area contributed by atoms with Crippen LogP contribution in [0.25, 0.3) is 0 Å². The summed E-state index contributed by atoms with van der Waals surface area (Å²) in [6.45, 7) is 11.7. The van der Waals surface area contributed by atoms with E-state index in [4.69, 9.17) is 0 Å². The number of carbonyl (C=O) groups is 3. The Bertz CT molecular complexity index is 886. The van der Waals surface area contributed by atoms with Gasteiger partial charge in [-0.15, -0.1) is 0 Å². The Morgan fingerprint density at radius 2 is 1.82 bits per heavy atom. The number of benzene rings is 1. The zero-order valence-electron chi connectivity index (χ0n) is 17.4. The summed E-state index contributed by atoms with van der Waals surface area (Å²) >= 11 is 0. The van der Waals surface area contributed by atoms with E-state index in [0.29, 0.717) is 0 Å². The summed E-state index contributed by atoms with van der Waals surface area (Å²) in [5.41, 5.74) is 0.821. The van der Waals surface area contributed by atoms with E-state index in [1.807, 2.05) is 52.8 Å². The maximum absolute atomic E-state index is 13.6. The van der Waals surface area contributed by atoms with Gasteiger partial charge in [-0.25, -0.2) is 0 Å². The van der Waals surface area contributed by atoms with Crippen LogP contribution in [0.4, 0.5) is 5.69 Å². The molecular formula is C22H29N3O3. The highest BCUT2D eigenvalue weighted by molar-refractivity contribution is 6.15. The van der Waals surface area contributed by atoms with E-state index in [9.17, 15) is 14.4 Å². The first kappa shape index (κ1) is 19.1. The molecule has 0 aliphatic carbocycles. The molecule has 4 atom stereocenters. The van der Waals surface area contributed by atoms with Gasteiger partial charge >= 0.3 is 0 Å². The molecular weight excluding hydrogens is 354 g/mol. The van der Waals surface area contributed by atoms with Crippen LogP contribution in [0.2, 0.25) is 0 Å². The Hall–Kier alpha value is -2.21. The first-order valence-electron chi connectivity index (χ1n) is 10.1. The van der Waals surface area contributed by atoms with Crippen LogP contribution in [-0.2, 0) is 26.3 Å². The van der Waals surface area contributed by atoms with Crippen LogP contribution in [-0.4, -0.2) is 34.2 Å². The summed E-state index contributed by atoms with van der Waals surface area (Å²) in [6, 6.07) is 5.67. The molecule has 3 aliphatic rings. The molecule has 1 aromatic carbocycles. The number of nitrogens with one attached hydrogen (secondary N) is 2. The van der Waals surface area contributed by atoms with Crippen molar-refractivity contribution in [3.8, 4) is 0 Å². The van der Waals surface area contributed by atoms with Gasteiger partial charge < -0.3 is 5.32 Å². The molecule has 0 saturated carbocycles. The van der Waals surface area contributed by atoms with Gasteiger partial charge in [-0.1, -0.05) is 32.9 Å². The number of rotatable bonds is 2. The maximum atomic E-state index is 13.6. The molecule has 0 bridgehead atoms. The third kappa shape index (κ3) is 2.27. The van der Waals surface area contributed by atoms with E-state index in [1.165, 1.54) is 4.90 Å². The minimum atomic E-state index is -1.19. The minimum absolute atomic E-state index is 0.106. The Labute approximate surface area is 166 Å². The number of carbonyl (C=O) groups excluding carboxylic acids is 3. The molecule has 28 heavy (non-hydrogen) atoms. The number of hydrogen-bond acceptors (Lipinski definition) is 4. The zero-order valence-corrected chi connectivity index (χ0v) is 17.4. The highest BCUT2D eigenvalue weighted by Gasteiger charge is 2.71. The molecule has 2 saturated heterocycles. The van der Waals surface area contributed by atoms with Crippen molar-refractivity contribution in [1.29, 1.82) is 0 Å². The molecule has 3 amide bonds. The summed E-state index contributed by atoms with van der Waals surface area (Å²) < 4.78 is 0. The van der Waals surface area contributed by atoms with Crippen LogP contribution >= 0.6 is 0 Å². The molecule has 2 N–H and O–H groups in total. The van der Waals surface area contributed by atoms with Crippen molar-refractivity contribution in [2.24, 2.45) is 17.8 Å². The number of amides is 3. The predicted molar refractivity (Wildman–Crippen MR) is 106 cm³/mol. The Morgan fingerprint density at radius 1 is 1.14 bits per heavy atom. The predicted octanol–water partition coefficient (Wildman–Crippen LogP) is 2.42. The average molecular weight is 383 g/mol. The lowest BCUT2D eigenvalue weighted by atomic mass is 9.75. The van der Waals surface area contributed by atoms with E-state index in [0.717, 1.165) is 23.2 Å². The maximum Gasteiger partial charge on any atom is 0.250 e. The van der Waals surface area contributed by atoms with E-state index >= 15 is 0 Å². The molecule has 3 heterocycles. The quantitative estimate of drug-likeness (QED) is 0.769. The van der Waals surface area contributed by atoms with Gasteiger partial charge in [0.1, 0.15) is 5.54 Å². The fourth-order valence-electron chi connectivity index (χ4n) is 5.24. The first-order chi connectivity index (χ1) is 13.0. The number of aryl methyl sites for hydroxylation is 1. The SMILES string of the molecule is CCc1ccc2c(c1)C1(NC(C(C)C)C3C(=O)N(C(C)(C)C)C(=O)C31)C(=O)N2. The molecule has 3 aliphatic heterocycles. The van der Waals surface area contributed by atoms with E-state index in [1.54, 1.807) is 0 Å². The molecule has 0 aromatic heterocycles. The molecule has 0 radical (unpaired) electrons. The van der Waals surface area contributed by atoms with Crippen molar-refractivity contribution in [3.05, 3.63) is 29.3 Å².